The highest BCUT2D eigenvalue weighted by Crippen LogP contribution is 2.29. The van der Waals surface area contributed by atoms with E-state index in [1.54, 1.807) is 0 Å². The first-order valence-electron chi connectivity index (χ1n) is 8.71. The SMILES string of the molecule is C=C(CCC(C)(C)OCc1ccccc1)c1ccccc1NC(=O)OC. The van der Waals surface area contributed by atoms with E-state index in [1.807, 2.05) is 42.5 Å². The number of carbonyl (C=O) groups is 1. The van der Waals surface area contributed by atoms with Crippen molar-refractivity contribution < 1.29 is 14.3 Å². The molecular formula is C22H27NO3. The molecule has 26 heavy (non-hydrogen) atoms. The van der Waals surface area contributed by atoms with Gasteiger partial charge in [-0.3, -0.25) is 5.32 Å². The third-order valence-corrected chi connectivity index (χ3v) is 4.23. The molecule has 2 rings (SSSR count). The van der Waals surface area contributed by atoms with Gasteiger partial charge in [-0.05, 0) is 43.9 Å². The van der Waals surface area contributed by atoms with Gasteiger partial charge in [-0.25, -0.2) is 4.79 Å². The van der Waals surface area contributed by atoms with Gasteiger partial charge in [0.2, 0.25) is 0 Å². The summed E-state index contributed by atoms with van der Waals surface area (Å²) in [7, 11) is 1.35. The van der Waals surface area contributed by atoms with E-state index in [9.17, 15) is 4.79 Å². The molecule has 0 spiro atoms. The highest BCUT2D eigenvalue weighted by atomic mass is 16.5. The first-order valence-corrected chi connectivity index (χ1v) is 8.71. The zero-order valence-corrected chi connectivity index (χ0v) is 15.7. The zero-order chi connectivity index (χ0) is 19.0. The molecule has 2 aromatic carbocycles. The Morgan fingerprint density at radius 2 is 1.73 bits per heavy atom. The molecule has 4 nitrogen and oxygen atoms in total. The van der Waals surface area contributed by atoms with E-state index in [0.717, 1.165) is 29.5 Å². The van der Waals surface area contributed by atoms with E-state index in [1.165, 1.54) is 7.11 Å². The number of ether oxygens (including phenoxy) is 2. The average molecular weight is 353 g/mol. The molecule has 1 N–H and O–H groups in total. The fraction of sp³-hybridized carbons (Fsp3) is 0.318. The molecule has 0 aliphatic heterocycles. The van der Waals surface area contributed by atoms with Gasteiger partial charge in [0.1, 0.15) is 0 Å². The van der Waals surface area contributed by atoms with E-state index in [4.69, 9.17) is 4.74 Å². The summed E-state index contributed by atoms with van der Waals surface area (Å²) in [4.78, 5) is 11.5. The van der Waals surface area contributed by atoms with Gasteiger partial charge in [-0.15, -0.1) is 0 Å². The van der Waals surface area contributed by atoms with Gasteiger partial charge in [-0.1, -0.05) is 55.1 Å². The van der Waals surface area contributed by atoms with Gasteiger partial charge < -0.3 is 9.47 Å². The topological polar surface area (TPSA) is 47.6 Å². The van der Waals surface area contributed by atoms with Crippen molar-refractivity contribution in [3.8, 4) is 0 Å². The summed E-state index contributed by atoms with van der Waals surface area (Å²) in [6.45, 7) is 8.95. The molecule has 4 heteroatoms. The quantitative estimate of drug-likeness (QED) is 0.667. The summed E-state index contributed by atoms with van der Waals surface area (Å²) in [5.41, 5.74) is 3.45. The number of methoxy groups -OCH3 is 1. The van der Waals surface area contributed by atoms with Crippen molar-refractivity contribution in [1.29, 1.82) is 0 Å². The third kappa shape index (κ3) is 6.05. The molecule has 1 amide bonds. The van der Waals surface area contributed by atoms with Crippen molar-refractivity contribution in [2.24, 2.45) is 0 Å². The average Bonchev–Trinajstić information content (AvgIpc) is 2.66. The van der Waals surface area contributed by atoms with Crippen LogP contribution in [0.3, 0.4) is 0 Å². The molecule has 0 fully saturated rings. The fourth-order valence-electron chi connectivity index (χ4n) is 2.57. The van der Waals surface area contributed by atoms with Crippen LogP contribution in [0.1, 0.15) is 37.8 Å². The van der Waals surface area contributed by atoms with Gasteiger partial charge >= 0.3 is 6.09 Å². The maximum absolute atomic E-state index is 11.5. The maximum atomic E-state index is 11.5. The lowest BCUT2D eigenvalue weighted by atomic mass is 9.94. The van der Waals surface area contributed by atoms with Crippen LogP contribution in [0.25, 0.3) is 5.57 Å². The largest absolute Gasteiger partial charge is 0.453 e. The summed E-state index contributed by atoms with van der Waals surface area (Å²) in [6.07, 6.45) is 1.10. The summed E-state index contributed by atoms with van der Waals surface area (Å²) in [6, 6.07) is 17.7. The van der Waals surface area contributed by atoms with Crippen molar-refractivity contribution in [2.45, 2.75) is 38.9 Å². The molecule has 0 atom stereocenters. The van der Waals surface area contributed by atoms with Crippen LogP contribution in [0.15, 0.2) is 61.2 Å². The highest BCUT2D eigenvalue weighted by molar-refractivity contribution is 5.89. The minimum absolute atomic E-state index is 0.274. The van der Waals surface area contributed by atoms with Crippen molar-refractivity contribution in [2.75, 3.05) is 12.4 Å². The number of nitrogens with one attached hydrogen (secondary N) is 1. The van der Waals surface area contributed by atoms with Crippen LogP contribution < -0.4 is 5.32 Å². The Kier molecular flexibility index (Phi) is 6.98. The number of amides is 1. The lowest BCUT2D eigenvalue weighted by molar-refractivity contribution is -0.0338. The van der Waals surface area contributed by atoms with Gasteiger partial charge in [-0.2, -0.15) is 0 Å². The smallest absolute Gasteiger partial charge is 0.411 e. The monoisotopic (exact) mass is 353 g/mol. The minimum atomic E-state index is -0.489. The fourth-order valence-corrected chi connectivity index (χ4v) is 2.57. The van der Waals surface area contributed by atoms with Crippen molar-refractivity contribution in [3.05, 3.63) is 72.3 Å². The maximum Gasteiger partial charge on any atom is 0.411 e. The molecule has 0 heterocycles. The number of rotatable bonds is 8. The standard InChI is InChI=1S/C22H27NO3/c1-17(19-12-8-9-13-20(19)23-21(24)25-4)14-15-22(2,3)26-16-18-10-6-5-7-11-18/h5-13H,1,14-16H2,2-4H3,(H,23,24). The lowest BCUT2D eigenvalue weighted by Crippen LogP contribution is -2.24. The molecular weight excluding hydrogens is 326 g/mol. The summed E-state index contributed by atoms with van der Waals surface area (Å²) < 4.78 is 10.8. The molecule has 0 aliphatic rings. The number of benzene rings is 2. The Hall–Kier alpha value is -2.59. The third-order valence-electron chi connectivity index (χ3n) is 4.23. The predicted molar refractivity (Wildman–Crippen MR) is 106 cm³/mol. The summed E-state index contributed by atoms with van der Waals surface area (Å²) in [5.74, 6) is 0. The predicted octanol–water partition coefficient (Wildman–Crippen LogP) is 5.65. The van der Waals surface area contributed by atoms with E-state index >= 15 is 0 Å². The van der Waals surface area contributed by atoms with Crippen molar-refractivity contribution >= 4 is 17.4 Å². The number of hydrogen-bond donors (Lipinski definition) is 1. The van der Waals surface area contributed by atoms with Crippen LogP contribution in [-0.2, 0) is 16.1 Å². The van der Waals surface area contributed by atoms with Gasteiger partial charge in [0, 0.05) is 5.56 Å². The zero-order valence-electron chi connectivity index (χ0n) is 15.7. The molecule has 0 aromatic heterocycles. The second-order valence-corrected chi connectivity index (χ2v) is 6.80. The Bertz CT molecular complexity index is 738. The van der Waals surface area contributed by atoms with E-state index < -0.39 is 6.09 Å². The van der Waals surface area contributed by atoms with Crippen molar-refractivity contribution in [3.63, 3.8) is 0 Å². The Labute approximate surface area is 155 Å². The number of anilines is 1. The molecule has 138 valence electrons. The van der Waals surface area contributed by atoms with E-state index in [2.05, 4.69) is 42.6 Å². The minimum Gasteiger partial charge on any atom is -0.453 e. The van der Waals surface area contributed by atoms with Crippen LogP contribution in [0.4, 0.5) is 10.5 Å². The van der Waals surface area contributed by atoms with Gasteiger partial charge in [0.15, 0.2) is 0 Å². The molecule has 0 radical (unpaired) electrons. The van der Waals surface area contributed by atoms with Gasteiger partial charge in [0.05, 0.1) is 25.0 Å². The number of para-hydroxylation sites is 1. The molecule has 0 unspecified atom stereocenters. The molecule has 0 bridgehead atoms. The lowest BCUT2D eigenvalue weighted by Gasteiger charge is -2.26. The Morgan fingerprint density at radius 3 is 2.42 bits per heavy atom. The number of carbonyl (C=O) groups excluding carboxylic acids is 1. The number of hydrogen-bond acceptors (Lipinski definition) is 3. The highest BCUT2D eigenvalue weighted by Gasteiger charge is 2.19. The first kappa shape index (κ1) is 19.7. The second kappa shape index (κ2) is 9.20. The van der Waals surface area contributed by atoms with Crippen LogP contribution in [-0.4, -0.2) is 18.8 Å². The van der Waals surface area contributed by atoms with Crippen LogP contribution in [0, 0.1) is 0 Å². The molecule has 0 saturated carbocycles. The van der Waals surface area contributed by atoms with Crippen LogP contribution in [0.5, 0.6) is 0 Å². The molecule has 2 aromatic rings. The van der Waals surface area contributed by atoms with Gasteiger partial charge in [0.25, 0.3) is 0 Å². The number of allylic oxidation sites excluding steroid dienone is 1. The van der Waals surface area contributed by atoms with Crippen molar-refractivity contribution in [1.82, 2.24) is 0 Å². The second-order valence-electron chi connectivity index (χ2n) is 6.80. The summed E-state index contributed by atoms with van der Waals surface area (Å²) >= 11 is 0. The van der Waals surface area contributed by atoms with E-state index in [0.29, 0.717) is 12.3 Å². The molecule has 0 saturated heterocycles. The Morgan fingerprint density at radius 1 is 1.08 bits per heavy atom. The van der Waals surface area contributed by atoms with Crippen LogP contribution in [0.2, 0.25) is 0 Å². The Balaban J connectivity index is 1.94. The summed E-state index contributed by atoms with van der Waals surface area (Å²) in [5, 5.41) is 2.73. The van der Waals surface area contributed by atoms with Crippen LogP contribution >= 0.6 is 0 Å². The first-order chi connectivity index (χ1) is 12.4. The van der Waals surface area contributed by atoms with E-state index in [-0.39, 0.29) is 5.60 Å². The molecule has 0 aliphatic carbocycles. The normalized spacial score (nSPS) is 11.0.